The minimum Gasteiger partial charge on any atom is -0.497 e. The molecule has 0 spiro atoms. The standard InChI is InChI=1S/C17H18O4S/c1-18-13-3-5-15(19-2)12(9-13)11-22-14-4-6-16-17(10-14)21-8-7-20-16/h3-6,9-10H,7-8,11H2,1-2H3. The summed E-state index contributed by atoms with van der Waals surface area (Å²) >= 11 is 1.72. The van der Waals surface area contributed by atoms with E-state index in [9.17, 15) is 0 Å². The van der Waals surface area contributed by atoms with E-state index in [-0.39, 0.29) is 0 Å². The van der Waals surface area contributed by atoms with Crippen LogP contribution in [0.5, 0.6) is 23.0 Å². The van der Waals surface area contributed by atoms with Crippen molar-refractivity contribution in [3.8, 4) is 23.0 Å². The summed E-state index contributed by atoms with van der Waals surface area (Å²) in [4.78, 5) is 1.13. The van der Waals surface area contributed by atoms with E-state index >= 15 is 0 Å². The van der Waals surface area contributed by atoms with Gasteiger partial charge in [0, 0.05) is 16.2 Å². The highest BCUT2D eigenvalue weighted by Crippen LogP contribution is 2.36. The van der Waals surface area contributed by atoms with Crippen molar-refractivity contribution in [2.45, 2.75) is 10.6 Å². The second-order valence-corrected chi connectivity index (χ2v) is 5.82. The highest BCUT2D eigenvalue weighted by atomic mass is 32.2. The molecule has 0 radical (unpaired) electrons. The van der Waals surface area contributed by atoms with Gasteiger partial charge in [-0.2, -0.15) is 0 Å². The number of methoxy groups -OCH3 is 2. The molecular weight excluding hydrogens is 300 g/mol. The molecule has 0 amide bonds. The van der Waals surface area contributed by atoms with E-state index in [1.165, 1.54) is 0 Å². The van der Waals surface area contributed by atoms with Gasteiger partial charge < -0.3 is 18.9 Å². The molecule has 5 heteroatoms. The molecule has 0 unspecified atom stereocenters. The second kappa shape index (κ2) is 6.83. The molecular formula is C17H18O4S. The Kier molecular flexibility index (Phi) is 4.63. The van der Waals surface area contributed by atoms with Gasteiger partial charge >= 0.3 is 0 Å². The number of hydrogen-bond donors (Lipinski definition) is 0. The third kappa shape index (κ3) is 3.25. The maximum Gasteiger partial charge on any atom is 0.162 e. The van der Waals surface area contributed by atoms with Crippen LogP contribution in [0.25, 0.3) is 0 Å². The first kappa shape index (κ1) is 14.9. The molecule has 0 saturated heterocycles. The van der Waals surface area contributed by atoms with Crippen molar-refractivity contribution in [3.63, 3.8) is 0 Å². The van der Waals surface area contributed by atoms with Crippen LogP contribution in [0.2, 0.25) is 0 Å². The lowest BCUT2D eigenvalue weighted by molar-refractivity contribution is 0.171. The van der Waals surface area contributed by atoms with Gasteiger partial charge in [-0.3, -0.25) is 0 Å². The van der Waals surface area contributed by atoms with Crippen molar-refractivity contribution in [3.05, 3.63) is 42.0 Å². The maximum absolute atomic E-state index is 5.61. The van der Waals surface area contributed by atoms with Gasteiger partial charge in [0.1, 0.15) is 24.7 Å². The Hall–Kier alpha value is -2.01. The number of rotatable bonds is 5. The Morgan fingerprint density at radius 3 is 2.55 bits per heavy atom. The van der Waals surface area contributed by atoms with E-state index in [1.807, 2.05) is 36.4 Å². The SMILES string of the molecule is COc1ccc(OC)c(CSc2ccc3c(c2)OCCO3)c1. The molecule has 0 aliphatic carbocycles. The lowest BCUT2D eigenvalue weighted by Gasteiger charge is -2.18. The lowest BCUT2D eigenvalue weighted by atomic mass is 10.2. The minimum atomic E-state index is 0.602. The number of thioether (sulfide) groups is 1. The Labute approximate surface area is 134 Å². The zero-order valence-electron chi connectivity index (χ0n) is 12.6. The quantitative estimate of drug-likeness (QED) is 0.785. The topological polar surface area (TPSA) is 36.9 Å². The summed E-state index contributed by atoms with van der Waals surface area (Å²) in [6.45, 7) is 1.21. The first-order chi connectivity index (χ1) is 10.8. The van der Waals surface area contributed by atoms with Crippen LogP contribution in [-0.4, -0.2) is 27.4 Å². The first-order valence-corrected chi connectivity index (χ1v) is 8.02. The molecule has 0 aromatic heterocycles. The average Bonchev–Trinajstić information content (AvgIpc) is 2.59. The molecule has 1 aliphatic heterocycles. The predicted molar refractivity (Wildman–Crippen MR) is 86.5 cm³/mol. The number of hydrogen-bond acceptors (Lipinski definition) is 5. The Balaban J connectivity index is 1.74. The van der Waals surface area contributed by atoms with E-state index in [1.54, 1.807) is 26.0 Å². The molecule has 0 N–H and O–H groups in total. The first-order valence-electron chi connectivity index (χ1n) is 7.03. The Bertz CT molecular complexity index is 657. The van der Waals surface area contributed by atoms with Crippen LogP contribution in [0.15, 0.2) is 41.3 Å². The lowest BCUT2D eigenvalue weighted by Crippen LogP contribution is -2.15. The third-order valence-electron chi connectivity index (χ3n) is 3.40. The molecule has 0 saturated carbocycles. The van der Waals surface area contributed by atoms with Crippen molar-refractivity contribution in [1.82, 2.24) is 0 Å². The number of ether oxygens (including phenoxy) is 4. The fraction of sp³-hybridized carbons (Fsp3) is 0.294. The highest BCUT2D eigenvalue weighted by Gasteiger charge is 2.12. The number of fused-ring (bicyclic) bond motifs is 1. The zero-order valence-corrected chi connectivity index (χ0v) is 13.4. The van der Waals surface area contributed by atoms with Crippen molar-refractivity contribution >= 4 is 11.8 Å². The summed E-state index contributed by atoms with van der Waals surface area (Å²) in [5, 5.41) is 0. The van der Waals surface area contributed by atoms with E-state index in [2.05, 4.69) is 0 Å². The van der Waals surface area contributed by atoms with Crippen LogP contribution in [0.1, 0.15) is 5.56 Å². The highest BCUT2D eigenvalue weighted by molar-refractivity contribution is 7.98. The third-order valence-corrected chi connectivity index (χ3v) is 4.44. The van der Waals surface area contributed by atoms with Gasteiger partial charge in [0.05, 0.1) is 14.2 Å². The van der Waals surface area contributed by atoms with Crippen LogP contribution in [-0.2, 0) is 5.75 Å². The minimum absolute atomic E-state index is 0.602. The van der Waals surface area contributed by atoms with Crippen molar-refractivity contribution in [2.24, 2.45) is 0 Å². The molecule has 3 rings (SSSR count). The predicted octanol–water partition coefficient (Wildman–Crippen LogP) is 3.77. The largest absolute Gasteiger partial charge is 0.497 e. The van der Waals surface area contributed by atoms with Crippen LogP contribution < -0.4 is 18.9 Å². The van der Waals surface area contributed by atoms with Gasteiger partial charge in [0.25, 0.3) is 0 Å². The normalized spacial score (nSPS) is 12.8. The molecule has 1 aliphatic rings. The molecule has 22 heavy (non-hydrogen) atoms. The van der Waals surface area contributed by atoms with Gasteiger partial charge in [0.2, 0.25) is 0 Å². The van der Waals surface area contributed by atoms with Crippen LogP contribution in [0, 0.1) is 0 Å². The van der Waals surface area contributed by atoms with Crippen molar-refractivity contribution in [1.29, 1.82) is 0 Å². The van der Waals surface area contributed by atoms with Crippen molar-refractivity contribution < 1.29 is 18.9 Å². The Morgan fingerprint density at radius 1 is 0.955 bits per heavy atom. The fourth-order valence-corrected chi connectivity index (χ4v) is 3.17. The van der Waals surface area contributed by atoms with Gasteiger partial charge in [-0.1, -0.05) is 0 Å². The smallest absolute Gasteiger partial charge is 0.162 e. The fourth-order valence-electron chi connectivity index (χ4n) is 2.27. The summed E-state index contributed by atoms with van der Waals surface area (Å²) in [5.41, 5.74) is 1.10. The van der Waals surface area contributed by atoms with Crippen molar-refractivity contribution in [2.75, 3.05) is 27.4 Å². The summed E-state index contributed by atoms with van der Waals surface area (Å²) in [7, 11) is 3.35. The van der Waals surface area contributed by atoms with Gasteiger partial charge in [-0.25, -0.2) is 0 Å². The molecule has 1 heterocycles. The van der Waals surface area contributed by atoms with E-state index in [0.717, 1.165) is 39.2 Å². The molecule has 4 nitrogen and oxygen atoms in total. The monoisotopic (exact) mass is 318 g/mol. The van der Waals surface area contributed by atoms with Crippen LogP contribution in [0.4, 0.5) is 0 Å². The average molecular weight is 318 g/mol. The maximum atomic E-state index is 5.61. The summed E-state index contributed by atoms with van der Waals surface area (Å²) in [5.74, 6) is 4.12. The summed E-state index contributed by atoms with van der Waals surface area (Å²) in [6, 6.07) is 11.9. The molecule has 0 bridgehead atoms. The van der Waals surface area contributed by atoms with Gasteiger partial charge in [-0.15, -0.1) is 11.8 Å². The summed E-state index contributed by atoms with van der Waals surface area (Å²) in [6.07, 6.45) is 0. The second-order valence-electron chi connectivity index (χ2n) is 4.77. The van der Waals surface area contributed by atoms with E-state index < -0.39 is 0 Å². The van der Waals surface area contributed by atoms with E-state index in [0.29, 0.717) is 13.2 Å². The van der Waals surface area contributed by atoms with Gasteiger partial charge in [0.15, 0.2) is 11.5 Å². The molecule has 2 aromatic carbocycles. The van der Waals surface area contributed by atoms with E-state index in [4.69, 9.17) is 18.9 Å². The zero-order chi connectivity index (χ0) is 15.4. The number of benzene rings is 2. The van der Waals surface area contributed by atoms with Crippen LogP contribution >= 0.6 is 11.8 Å². The van der Waals surface area contributed by atoms with Gasteiger partial charge in [-0.05, 0) is 36.4 Å². The molecule has 2 aromatic rings. The molecule has 0 atom stereocenters. The molecule has 0 fully saturated rings. The summed E-state index contributed by atoms with van der Waals surface area (Å²) < 4.78 is 21.8. The Morgan fingerprint density at radius 2 is 1.77 bits per heavy atom. The van der Waals surface area contributed by atoms with Crippen LogP contribution in [0.3, 0.4) is 0 Å². The molecule has 116 valence electrons.